The first-order valence-electron chi connectivity index (χ1n) is 8.87. The molecule has 0 saturated heterocycles. The lowest BCUT2D eigenvalue weighted by Gasteiger charge is -2.29. The summed E-state index contributed by atoms with van der Waals surface area (Å²) in [5, 5.41) is 3.36. The van der Waals surface area contributed by atoms with Crippen molar-refractivity contribution in [2.75, 3.05) is 23.3 Å². The van der Waals surface area contributed by atoms with Gasteiger partial charge in [0, 0.05) is 30.9 Å². The molecular weight excluding hydrogens is 296 g/mol. The van der Waals surface area contributed by atoms with E-state index in [1.165, 1.54) is 11.1 Å². The number of fused-ring (bicyclic) bond motifs is 1. The molecule has 0 spiro atoms. The van der Waals surface area contributed by atoms with Crippen molar-refractivity contribution in [1.29, 1.82) is 0 Å². The average Bonchev–Trinajstić information content (AvgIpc) is 2.61. The fourth-order valence-electron chi connectivity index (χ4n) is 3.23. The van der Waals surface area contributed by atoms with Crippen LogP contribution in [0.25, 0.3) is 0 Å². The number of anilines is 2. The van der Waals surface area contributed by atoms with E-state index in [-0.39, 0.29) is 5.91 Å². The number of hydrogen-bond acceptors (Lipinski definition) is 2. The summed E-state index contributed by atoms with van der Waals surface area (Å²) in [7, 11) is 0. The Morgan fingerprint density at radius 1 is 1.12 bits per heavy atom. The van der Waals surface area contributed by atoms with Gasteiger partial charge < -0.3 is 10.2 Å². The van der Waals surface area contributed by atoms with Crippen LogP contribution in [0.5, 0.6) is 0 Å². The minimum Gasteiger partial charge on any atom is -0.385 e. The molecule has 0 aromatic heterocycles. The molecular formula is C21H26N2O. The van der Waals surface area contributed by atoms with Gasteiger partial charge in [0.1, 0.15) is 0 Å². The number of amides is 1. The number of benzene rings is 2. The van der Waals surface area contributed by atoms with Gasteiger partial charge in [0.2, 0.25) is 5.91 Å². The third-order valence-electron chi connectivity index (χ3n) is 4.66. The SMILES string of the molecule is CC(C)c1ccc(NCCC(=O)N2CCCc3ccccc32)cc1. The Kier molecular flexibility index (Phi) is 5.19. The van der Waals surface area contributed by atoms with Crippen molar-refractivity contribution in [3.63, 3.8) is 0 Å². The first kappa shape index (κ1) is 16.6. The van der Waals surface area contributed by atoms with E-state index in [1.54, 1.807) is 0 Å². The van der Waals surface area contributed by atoms with Gasteiger partial charge in [-0.1, -0.05) is 44.2 Å². The zero-order valence-electron chi connectivity index (χ0n) is 14.6. The predicted octanol–water partition coefficient (Wildman–Crippen LogP) is 4.59. The second kappa shape index (κ2) is 7.52. The summed E-state index contributed by atoms with van der Waals surface area (Å²) in [5.74, 6) is 0.744. The molecule has 0 radical (unpaired) electrons. The van der Waals surface area contributed by atoms with E-state index in [1.807, 2.05) is 11.0 Å². The fourth-order valence-corrected chi connectivity index (χ4v) is 3.23. The third kappa shape index (κ3) is 3.78. The monoisotopic (exact) mass is 322 g/mol. The van der Waals surface area contributed by atoms with Crippen LogP contribution < -0.4 is 10.2 Å². The number of hydrogen-bond donors (Lipinski definition) is 1. The van der Waals surface area contributed by atoms with Gasteiger partial charge in [-0.15, -0.1) is 0 Å². The molecule has 0 fully saturated rings. The lowest BCUT2D eigenvalue weighted by Crippen LogP contribution is -2.36. The number of aryl methyl sites for hydroxylation is 1. The Balaban J connectivity index is 1.55. The number of nitrogens with one attached hydrogen (secondary N) is 1. The first-order chi connectivity index (χ1) is 11.6. The van der Waals surface area contributed by atoms with Gasteiger partial charge in [0.25, 0.3) is 0 Å². The number of carbonyl (C=O) groups excluding carboxylic acids is 1. The topological polar surface area (TPSA) is 32.3 Å². The minimum absolute atomic E-state index is 0.202. The highest BCUT2D eigenvalue weighted by Crippen LogP contribution is 2.27. The molecule has 1 amide bonds. The van der Waals surface area contributed by atoms with Crippen LogP contribution in [0.4, 0.5) is 11.4 Å². The maximum Gasteiger partial charge on any atom is 0.228 e. The van der Waals surface area contributed by atoms with Crippen molar-refractivity contribution in [2.45, 2.75) is 39.0 Å². The molecule has 1 N–H and O–H groups in total. The number of para-hydroxylation sites is 1. The highest BCUT2D eigenvalue weighted by molar-refractivity contribution is 5.94. The molecule has 3 rings (SSSR count). The van der Waals surface area contributed by atoms with Crippen LogP contribution in [0.2, 0.25) is 0 Å². The highest BCUT2D eigenvalue weighted by atomic mass is 16.2. The van der Waals surface area contributed by atoms with Crippen LogP contribution in [0.3, 0.4) is 0 Å². The molecule has 3 heteroatoms. The van der Waals surface area contributed by atoms with Crippen molar-refractivity contribution < 1.29 is 4.79 Å². The zero-order chi connectivity index (χ0) is 16.9. The molecule has 0 atom stereocenters. The number of nitrogens with zero attached hydrogens (tertiary/aromatic N) is 1. The van der Waals surface area contributed by atoms with Gasteiger partial charge >= 0.3 is 0 Å². The summed E-state index contributed by atoms with van der Waals surface area (Å²) in [6.45, 7) is 5.88. The maximum absolute atomic E-state index is 12.6. The molecule has 0 aliphatic carbocycles. The Labute approximate surface area is 144 Å². The molecule has 3 nitrogen and oxygen atoms in total. The molecule has 24 heavy (non-hydrogen) atoms. The molecule has 126 valence electrons. The molecule has 2 aromatic rings. The number of carbonyl (C=O) groups is 1. The van der Waals surface area contributed by atoms with Crippen molar-refractivity contribution in [2.24, 2.45) is 0 Å². The summed E-state index contributed by atoms with van der Waals surface area (Å²) in [5.41, 5.74) is 4.79. The van der Waals surface area contributed by atoms with Crippen LogP contribution in [-0.2, 0) is 11.2 Å². The van der Waals surface area contributed by atoms with Gasteiger partial charge in [0.05, 0.1) is 0 Å². The van der Waals surface area contributed by atoms with Gasteiger partial charge in [-0.2, -0.15) is 0 Å². The largest absolute Gasteiger partial charge is 0.385 e. The first-order valence-corrected chi connectivity index (χ1v) is 8.87. The van der Waals surface area contributed by atoms with Crippen LogP contribution in [-0.4, -0.2) is 19.0 Å². The lowest BCUT2D eigenvalue weighted by molar-refractivity contribution is -0.118. The van der Waals surface area contributed by atoms with E-state index in [4.69, 9.17) is 0 Å². The van der Waals surface area contributed by atoms with Crippen LogP contribution in [0.15, 0.2) is 48.5 Å². The highest BCUT2D eigenvalue weighted by Gasteiger charge is 2.21. The van der Waals surface area contributed by atoms with Crippen molar-refractivity contribution in [1.82, 2.24) is 0 Å². The van der Waals surface area contributed by atoms with Crippen LogP contribution in [0.1, 0.15) is 43.7 Å². The van der Waals surface area contributed by atoms with Crippen LogP contribution in [0, 0.1) is 0 Å². The molecule has 0 bridgehead atoms. The van der Waals surface area contributed by atoms with E-state index in [9.17, 15) is 4.79 Å². The Bertz CT molecular complexity index is 691. The molecule has 1 heterocycles. The van der Waals surface area contributed by atoms with E-state index in [0.717, 1.165) is 30.8 Å². The summed E-state index contributed by atoms with van der Waals surface area (Å²) >= 11 is 0. The molecule has 0 unspecified atom stereocenters. The normalized spacial score (nSPS) is 13.7. The standard InChI is InChI=1S/C21H26N2O/c1-16(2)17-9-11-19(12-10-17)22-14-13-21(24)23-15-5-7-18-6-3-4-8-20(18)23/h3-4,6,8-12,16,22H,5,7,13-15H2,1-2H3. The van der Waals surface area contributed by atoms with E-state index < -0.39 is 0 Å². The Morgan fingerprint density at radius 3 is 2.62 bits per heavy atom. The van der Waals surface area contributed by atoms with E-state index >= 15 is 0 Å². The zero-order valence-corrected chi connectivity index (χ0v) is 14.6. The minimum atomic E-state index is 0.202. The van der Waals surface area contributed by atoms with Gasteiger partial charge in [-0.25, -0.2) is 0 Å². The van der Waals surface area contributed by atoms with Gasteiger partial charge in [-0.3, -0.25) is 4.79 Å². The molecule has 0 saturated carbocycles. The van der Waals surface area contributed by atoms with Crippen LogP contribution >= 0.6 is 0 Å². The predicted molar refractivity (Wildman–Crippen MR) is 101 cm³/mol. The molecule has 1 aliphatic heterocycles. The lowest BCUT2D eigenvalue weighted by atomic mass is 10.0. The van der Waals surface area contributed by atoms with Crippen molar-refractivity contribution in [3.05, 3.63) is 59.7 Å². The van der Waals surface area contributed by atoms with Gasteiger partial charge in [0.15, 0.2) is 0 Å². The fraction of sp³-hybridized carbons (Fsp3) is 0.381. The average molecular weight is 322 g/mol. The van der Waals surface area contributed by atoms with Crippen molar-refractivity contribution >= 4 is 17.3 Å². The Morgan fingerprint density at radius 2 is 1.88 bits per heavy atom. The van der Waals surface area contributed by atoms with Gasteiger partial charge in [-0.05, 0) is 48.1 Å². The van der Waals surface area contributed by atoms with E-state index in [2.05, 4.69) is 61.6 Å². The molecule has 1 aliphatic rings. The summed E-state index contributed by atoms with van der Waals surface area (Å²) < 4.78 is 0. The Hall–Kier alpha value is -2.29. The summed E-state index contributed by atoms with van der Waals surface area (Å²) in [6, 6.07) is 16.7. The second-order valence-electron chi connectivity index (χ2n) is 6.73. The van der Waals surface area contributed by atoms with Crippen molar-refractivity contribution in [3.8, 4) is 0 Å². The molecule has 2 aromatic carbocycles. The number of rotatable bonds is 5. The maximum atomic E-state index is 12.6. The smallest absolute Gasteiger partial charge is 0.228 e. The van der Waals surface area contributed by atoms with E-state index in [0.29, 0.717) is 18.9 Å². The summed E-state index contributed by atoms with van der Waals surface area (Å²) in [4.78, 5) is 14.5. The quantitative estimate of drug-likeness (QED) is 0.873. The third-order valence-corrected chi connectivity index (χ3v) is 4.66. The summed E-state index contributed by atoms with van der Waals surface area (Å²) in [6.07, 6.45) is 2.63. The second-order valence-corrected chi connectivity index (χ2v) is 6.73.